The fourth-order valence-electron chi connectivity index (χ4n) is 3.80. The number of amides is 1. The maximum absolute atomic E-state index is 12.6. The van der Waals surface area contributed by atoms with Gasteiger partial charge in [-0.2, -0.15) is 9.78 Å². The van der Waals surface area contributed by atoms with Crippen LogP contribution in [0.4, 0.5) is 5.69 Å². The predicted molar refractivity (Wildman–Crippen MR) is 138 cm³/mol. The van der Waals surface area contributed by atoms with Gasteiger partial charge in [0.05, 0.1) is 27.5 Å². The minimum absolute atomic E-state index is 0.290. The van der Waals surface area contributed by atoms with Gasteiger partial charge in [0.1, 0.15) is 0 Å². The molecule has 0 aliphatic heterocycles. The van der Waals surface area contributed by atoms with Gasteiger partial charge in [-0.25, -0.2) is 0 Å². The first-order chi connectivity index (χ1) is 16.8. The molecule has 0 saturated heterocycles. The molecule has 0 fully saturated rings. The van der Waals surface area contributed by atoms with Crippen molar-refractivity contribution in [3.8, 4) is 22.7 Å². The molecule has 4 rings (SSSR count). The lowest BCUT2D eigenvalue weighted by molar-refractivity contribution is -0.132. The van der Waals surface area contributed by atoms with Gasteiger partial charge < -0.3 is 10.1 Å². The van der Waals surface area contributed by atoms with Gasteiger partial charge in [0.25, 0.3) is 5.91 Å². The van der Waals surface area contributed by atoms with Gasteiger partial charge in [0, 0.05) is 12.6 Å². The van der Waals surface area contributed by atoms with Crippen LogP contribution in [0.5, 0.6) is 5.88 Å². The van der Waals surface area contributed by atoms with Gasteiger partial charge >= 0.3 is 5.97 Å². The van der Waals surface area contributed by atoms with Crippen LogP contribution < -0.4 is 10.1 Å². The van der Waals surface area contributed by atoms with E-state index in [0.29, 0.717) is 34.5 Å². The molecule has 35 heavy (non-hydrogen) atoms. The van der Waals surface area contributed by atoms with Gasteiger partial charge in [-0.1, -0.05) is 67.9 Å². The molecule has 7 heteroatoms. The van der Waals surface area contributed by atoms with Gasteiger partial charge in [-0.3, -0.25) is 9.59 Å². The molecular formula is C28H26ClN3O3. The van der Waals surface area contributed by atoms with E-state index in [4.69, 9.17) is 21.4 Å². The van der Waals surface area contributed by atoms with Crippen molar-refractivity contribution < 1.29 is 14.3 Å². The van der Waals surface area contributed by atoms with Crippen molar-refractivity contribution in [2.24, 2.45) is 5.92 Å². The molecule has 0 atom stereocenters. The average Bonchev–Trinajstić information content (AvgIpc) is 3.16. The lowest BCUT2D eigenvalue weighted by Gasteiger charge is -2.11. The molecule has 1 heterocycles. The maximum Gasteiger partial charge on any atom is 0.309 e. The summed E-state index contributed by atoms with van der Waals surface area (Å²) in [5.74, 6) is -0.0103. The third-order valence-corrected chi connectivity index (χ3v) is 5.64. The largest absolute Gasteiger partial charge is 0.407 e. The number of nitrogens with one attached hydrogen (secondary N) is 1. The van der Waals surface area contributed by atoms with E-state index in [1.165, 1.54) is 6.92 Å². The maximum atomic E-state index is 12.6. The van der Waals surface area contributed by atoms with E-state index in [1.807, 2.05) is 42.5 Å². The Hall–Kier alpha value is -3.90. The number of esters is 1. The smallest absolute Gasteiger partial charge is 0.309 e. The molecule has 0 spiro atoms. The van der Waals surface area contributed by atoms with Crippen LogP contribution in [0.2, 0.25) is 5.02 Å². The fourth-order valence-corrected chi connectivity index (χ4v) is 4.03. The first-order valence-corrected chi connectivity index (χ1v) is 11.7. The van der Waals surface area contributed by atoms with E-state index in [1.54, 1.807) is 41.1 Å². The molecule has 0 radical (unpaired) electrons. The topological polar surface area (TPSA) is 73.2 Å². The van der Waals surface area contributed by atoms with Crippen molar-refractivity contribution in [1.82, 2.24) is 9.78 Å². The van der Waals surface area contributed by atoms with Crippen molar-refractivity contribution >= 4 is 29.2 Å². The minimum Gasteiger partial charge on any atom is -0.407 e. The second-order valence-corrected chi connectivity index (χ2v) is 8.98. The number of ether oxygens (including phenoxy) is 1. The number of carbonyl (C=O) groups excluding carboxylic acids is 2. The number of para-hydroxylation sites is 1. The standard InChI is InChI=1S/C28H26ClN3O3/c1-18(2)17-25-26(28(35-19(3)33)32(31-25)22-9-5-4-6-10-22)20-13-15-21(16-14-20)30-27(34)23-11-7-8-12-24(23)29/h4-16,18H,17H2,1-3H3,(H,30,34). The fraction of sp³-hybridized carbons (Fsp3) is 0.179. The predicted octanol–water partition coefficient (Wildman–Crippen LogP) is 6.57. The van der Waals surface area contributed by atoms with Crippen LogP contribution >= 0.6 is 11.6 Å². The average molecular weight is 488 g/mol. The lowest BCUT2D eigenvalue weighted by Crippen LogP contribution is -2.12. The number of carbonyl (C=O) groups is 2. The minimum atomic E-state index is -0.428. The monoisotopic (exact) mass is 487 g/mol. The molecule has 0 aliphatic rings. The Morgan fingerprint density at radius 3 is 2.26 bits per heavy atom. The SMILES string of the molecule is CC(=O)Oc1c(-c2ccc(NC(=O)c3ccccc3Cl)cc2)c(CC(C)C)nn1-c1ccccc1. The van der Waals surface area contributed by atoms with Crippen LogP contribution in [0.3, 0.4) is 0 Å². The third-order valence-electron chi connectivity index (χ3n) is 5.31. The number of hydrogen-bond acceptors (Lipinski definition) is 4. The molecule has 1 aromatic heterocycles. The Balaban J connectivity index is 1.73. The number of halogens is 1. The summed E-state index contributed by atoms with van der Waals surface area (Å²) in [6.07, 6.45) is 0.703. The molecule has 178 valence electrons. The quantitative estimate of drug-likeness (QED) is 0.299. The van der Waals surface area contributed by atoms with Crippen LogP contribution in [-0.4, -0.2) is 21.7 Å². The second-order valence-electron chi connectivity index (χ2n) is 8.58. The van der Waals surface area contributed by atoms with E-state index < -0.39 is 5.97 Å². The Labute approximate surface area is 209 Å². The summed E-state index contributed by atoms with van der Waals surface area (Å²) in [7, 11) is 0. The number of aromatic nitrogens is 2. The molecule has 1 N–H and O–H groups in total. The molecule has 0 aliphatic carbocycles. The molecule has 3 aromatic carbocycles. The van der Waals surface area contributed by atoms with Crippen molar-refractivity contribution in [3.05, 3.63) is 95.1 Å². The van der Waals surface area contributed by atoms with Crippen LogP contribution in [0.25, 0.3) is 16.8 Å². The van der Waals surface area contributed by atoms with E-state index in [0.717, 1.165) is 22.5 Å². The van der Waals surface area contributed by atoms with Gasteiger partial charge in [-0.15, -0.1) is 0 Å². The highest BCUT2D eigenvalue weighted by molar-refractivity contribution is 6.34. The van der Waals surface area contributed by atoms with Gasteiger partial charge in [0.2, 0.25) is 5.88 Å². The summed E-state index contributed by atoms with van der Waals surface area (Å²) in [5, 5.41) is 8.09. The number of hydrogen-bond donors (Lipinski definition) is 1. The molecular weight excluding hydrogens is 462 g/mol. The van der Waals surface area contributed by atoms with Crippen molar-refractivity contribution in [2.45, 2.75) is 27.2 Å². The van der Waals surface area contributed by atoms with Crippen LogP contribution in [0, 0.1) is 5.92 Å². The normalized spacial score (nSPS) is 10.9. The Bertz CT molecular complexity index is 1350. The van der Waals surface area contributed by atoms with E-state index >= 15 is 0 Å². The number of rotatable bonds is 7. The number of benzene rings is 3. The van der Waals surface area contributed by atoms with Gasteiger partial charge in [-0.05, 0) is 54.3 Å². The summed E-state index contributed by atoms with van der Waals surface area (Å²) in [6.45, 7) is 5.61. The highest BCUT2D eigenvalue weighted by atomic mass is 35.5. The highest BCUT2D eigenvalue weighted by Gasteiger charge is 2.24. The van der Waals surface area contributed by atoms with Crippen molar-refractivity contribution in [3.63, 3.8) is 0 Å². The zero-order valence-corrected chi connectivity index (χ0v) is 20.5. The summed E-state index contributed by atoms with van der Waals surface area (Å²) in [5.41, 5.74) is 4.22. The molecule has 0 saturated carbocycles. The zero-order chi connectivity index (χ0) is 24.9. The first-order valence-electron chi connectivity index (χ1n) is 11.4. The first kappa shape index (κ1) is 24.2. The van der Waals surface area contributed by atoms with Crippen molar-refractivity contribution in [1.29, 1.82) is 0 Å². The Morgan fingerprint density at radius 2 is 1.63 bits per heavy atom. The number of nitrogens with zero attached hydrogens (tertiary/aromatic N) is 2. The Kier molecular flexibility index (Phi) is 7.32. The summed E-state index contributed by atoms with van der Waals surface area (Å²) in [4.78, 5) is 24.7. The highest BCUT2D eigenvalue weighted by Crippen LogP contribution is 2.37. The van der Waals surface area contributed by atoms with E-state index in [2.05, 4.69) is 19.2 Å². The molecule has 1 amide bonds. The number of anilines is 1. The van der Waals surface area contributed by atoms with Gasteiger partial charge in [0.15, 0.2) is 0 Å². The zero-order valence-electron chi connectivity index (χ0n) is 19.8. The summed E-state index contributed by atoms with van der Waals surface area (Å²) in [6, 6.07) is 23.8. The second kappa shape index (κ2) is 10.6. The van der Waals surface area contributed by atoms with Crippen LogP contribution in [0.1, 0.15) is 36.8 Å². The Morgan fingerprint density at radius 1 is 0.971 bits per heavy atom. The van der Waals surface area contributed by atoms with Crippen molar-refractivity contribution in [2.75, 3.05) is 5.32 Å². The molecule has 0 unspecified atom stereocenters. The molecule has 4 aromatic rings. The van der Waals surface area contributed by atoms with E-state index in [9.17, 15) is 9.59 Å². The van der Waals surface area contributed by atoms with E-state index in [-0.39, 0.29) is 5.91 Å². The summed E-state index contributed by atoms with van der Waals surface area (Å²) < 4.78 is 7.36. The molecule has 6 nitrogen and oxygen atoms in total. The van der Waals surface area contributed by atoms with Crippen LogP contribution in [0.15, 0.2) is 78.9 Å². The third kappa shape index (κ3) is 5.61. The lowest BCUT2D eigenvalue weighted by atomic mass is 9.99. The van der Waals surface area contributed by atoms with Crippen LogP contribution in [-0.2, 0) is 11.2 Å². The summed E-state index contributed by atoms with van der Waals surface area (Å²) >= 11 is 6.15. The molecule has 0 bridgehead atoms.